The average molecular weight is 365 g/mol. The van der Waals surface area contributed by atoms with Gasteiger partial charge in [-0.15, -0.1) is 0 Å². The van der Waals surface area contributed by atoms with Crippen LogP contribution in [0.4, 0.5) is 0 Å². The van der Waals surface area contributed by atoms with Crippen LogP contribution in [0.3, 0.4) is 0 Å². The van der Waals surface area contributed by atoms with E-state index in [1.165, 1.54) is 32.1 Å². The molecular formula is C23H40O3. The van der Waals surface area contributed by atoms with E-state index in [-0.39, 0.29) is 12.5 Å². The van der Waals surface area contributed by atoms with Gasteiger partial charge >= 0.3 is 0 Å². The van der Waals surface area contributed by atoms with E-state index in [1.807, 2.05) is 18.2 Å². The van der Waals surface area contributed by atoms with Gasteiger partial charge in [-0.25, -0.2) is 0 Å². The third-order valence-corrected chi connectivity index (χ3v) is 4.88. The van der Waals surface area contributed by atoms with Crippen molar-refractivity contribution >= 4 is 0 Å². The smallest absolute Gasteiger partial charge is 0.199 e. The molecule has 0 amide bonds. The fraction of sp³-hybridized carbons (Fsp3) is 0.739. The molecule has 1 aromatic rings. The van der Waals surface area contributed by atoms with Gasteiger partial charge in [0.2, 0.25) is 0 Å². The molecule has 0 saturated heterocycles. The van der Waals surface area contributed by atoms with E-state index in [4.69, 9.17) is 9.47 Å². The Bertz CT molecular complexity index is 424. The second kappa shape index (κ2) is 14.2. The van der Waals surface area contributed by atoms with Gasteiger partial charge in [-0.05, 0) is 19.3 Å². The van der Waals surface area contributed by atoms with Gasteiger partial charge < -0.3 is 14.6 Å². The highest BCUT2D eigenvalue weighted by Gasteiger charge is 2.42. The lowest BCUT2D eigenvalue weighted by Gasteiger charge is -2.40. The van der Waals surface area contributed by atoms with E-state index in [2.05, 4.69) is 32.9 Å². The van der Waals surface area contributed by atoms with Crippen molar-refractivity contribution in [3.05, 3.63) is 35.9 Å². The summed E-state index contributed by atoms with van der Waals surface area (Å²) in [5.41, 5.74) is 1.02. The molecule has 0 bridgehead atoms. The molecule has 0 aliphatic carbocycles. The molecule has 0 fully saturated rings. The summed E-state index contributed by atoms with van der Waals surface area (Å²) in [6.45, 7) is 7.80. The molecule has 3 heteroatoms. The number of rotatable bonds is 16. The fourth-order valence-electron chi connectivity index (χ4n) is 3.43. The van der Waals surface area contributed by atoms with Gasteiger partial charge in [0.15, 0.2) is 5.79 Å². The zero-order valence-corrected chi connectivity index (χ0v) is 17.2. The summed E-state index contributed by atoms with van der Waals surface area (Å²) >= 11 is 0. The summed E-state index contributed by atoms with van der Waals surface area (Å²) in [5, 5.41) is 10.2. The lowest BCUT2D eigenvalue weighted by Crippen LogP contribution is -2.43. The van der Waals surface area contributed by atoms with Crippen molar-refractivity contribution in [2.45, 2.75) is 84.3 Å². The Balaban J connectivity index is 2.90. The highest BCUT2D eigenvalue weighted by atomic mass is 16.7. The average Bonchev–Trinajstić information content (AvgIpc) is 2.69. The Morgan fingerprint density at radius 1 is 0.808 bits per heavy atom. The predicted molar refractivity (Wildman–Crippen MR) is 109 cm³/mol. The van der Waals surface area contributed by atoms with Crippen LogP contribution in [0.2, 0.25) is 0 Å². The predicted octanol–water partition coefficient (Wildman–Crippen LogP) is 6.05. The van der Waals surface area contributed by atoms with Gasteiger partial charge in [-0.3, -0.25) is 0 Å². The molecule has 1 atom stereocenters. The number of benzene rings is 1. The third-order valence-electron chi connectivity index (χ3n) is 4.88. The largest absolute Gasteiger partial charge is 0.396 e. The van der Waals surface area contributed by atoms with E-state index in [9.17, 15) is 5.11 Å². The Kier molecular flexibility index (Phi) is 12.6. The quantitative estimate of drug-likeness (QED) is 0.286. The molecule has 26 heavy (non-hydrogen) atoms. The molecule has 0 aliphatic rings. The molecule has 1 N–H and O–H groups in total. The molecule has 0 heterocycles. The van der Waals surface area contributed by atoms with E-state index < -0.39 is 5.79 Å². The van der Waals surface area contributed by atoms with Gasteiger partial charge in [0.25, 0.3) is 0 Å². The van der Waals surface area contributed by atoms with E-state index >= 15 is 0 Å². The SMILES string of the molecule is CCCCCCCCC(CO)C(OCCC)(OCCC)c1ccccc1. The Morgan fingerprint density at radius 3 is 1.92 bits per heavy atom. The Morgan fingerprint density at radius 2 is 1.38 bits per heavy atom. The minimum Gasteiger partial charge on any atom is -0.396 e. The van der Waals surface area contributed by atoms with Crippen LogP contribution in [0.25, 0.3) is 0 Å². The van der Waals surface area contributed by atoms with Gasteiger partial charge in [0, 0.05) is 11.5 Å². The van der Waals surface area contributed by atoms with Crippen LogP contribution >= 0.6 is 0 Å². The maximum absolute atomic E-state index is 10.2. The maximum atomic E-state index is 10.2. The minimum atomic E-state index is -0.842. The number of hydrogen-bond donors (Lipinski definition) is 1. The molecule has 0 aliphatic heterocycles. The van der Waals surface area contributed by atoms with Crippen LogP contribution in [-0.4, -0.2) is 24.9 Å². The highest BCUT2D eigenvalue weighted by Crippen LogP contribution is 2.38. The maximum Gasteiger partial charge on any atom is 0.199 e. The first-order chi connectivity index (χ1) is 12.7. The lowest BCUT2D eigenvalue weighted by atomic mass is 9.87. The van der Waals surface area contributed by atoms with Gasteiger partial charge in [-0.2, -0.15) is 0 Å². The lowest BCUT2D eigenvalue weighted by molar-refractivity contribution is -0.284. The number of unbranched alkanes of at least 4 members (excludes halogenated alkanes) is 5. The Labute approximate surface area is 161 Å². The van der Waals surface area contributed by atoms with Gasteiger partial charge in [0.1, 0.15) is 0 Å². The van der Waals surface area contributed by atoms with Crippen LogP contribution in [0, 0.1) is 5.92 Å². The molecule has 1 unspecified atom stereocenters. The van der Waals surface area contributed by atoms with Crippen LogP contribution in [0.1, 0.15) is 84.1 Å². The van der Waals surface area contributed by atoms with Crippen molar-refractivity contribution in [3.8, 4) is 0 Å². The standard InChI is InChI=1S/C23H40O3/c1-4-7-8-9-10-12-17-22(20-24)23(25-18-5-2,26-19-6-3)21-15-13-11-14-16-21/h11,13-16,22,24H,4-10,12,17-20H2,1-3H3. The fourth-order valence-corrected chi connectivity index (χ4v) is 3.43. The molecule has 1 rings (SSSR count). The second-order valence-electron chi connectivity index (χ2n) is 7.17. The van der Waals surface area contributed by atoms with Crippen molar-refractivity contribution in [2.75, 3.05) is 19.8 Å². The normalized spacial score (nSPS) is 13.1. The summed E-state index contributed by atoms with van der Waals surface area (Å²) in [6.07, 6.45) is 10.3. The molecule has 0 spiro atoms. The zero-order chi connectivity index (χ0) is 19.1. The van der Waals surface area contributed by atoms with Crippen LogP contribution in [0.5, 0.6) is 0 Å². The molecule has 0 radical (unpaired) electrons. The minimum absolute atomic E-state index is 0.0471. The summed E-state index contributed by atoms with van der Waals surface area (Å²) in [6, 6.07) is 10.2. The first-order valence-electron chi connectivity index (χ1n) is 10.7. The number of hydrogen-bond acceptors (Lipinski definition) is 3. The highest BCUT2D eigenvalue weighted by molar-refractivity contribution is 5.21. The number of ether oxygens (including phenoxy) is 2. The summed E-state index contributed by atoms with van der Waals surface area (Å²) in [4.78, 5) is 0. The summed E-state index contributed by atoms with van der Waals surface area (Å²) < 4.78 is 12.7. The van der Waals surface area contributed by atoms with Crippen molar-refractivity contribution < 1.29 is 14.6 Å². The van der Waals surface area contributed by atoms with Crippen LogP contribution in [-0.2, 0) is 15.3 Å². The molecule has 0 aromatic heterocycles. The number of aliphatic hydroxyl groups excluding tert-OH is 1. The molecule has 1 aromatic carbocycles. The van der Waals surface area contributed by atoms with Crippen LogP contribution < -0.4 is 0 Å². The van der Waals surface area contributed by atoms with E-state index in [0.29, 0.717) is 13.2 Å². The molecule has 150 valence electrons. The van der Waals surface area contributed by atoms with Crippen molar-refractivity contribution in [1.29, 1.82) is 0 Å². The summed E-state index contributed by atoms with van der Waals surface area (Å²) in [7, 11) is 0. The van der Waals surface area contributed by atoms with Crippen LogP contribution in [0.15, 0.2) is 30.3 Å². The second-order valence-corrected chi connectivity index (χ2v) is 7.17. The molecular weight excluding hydrogens is 324 g/mol. The third kappa shape index (κ3) is 7.38. The van der Waals surface area contributed by atoms with Crippen molar-refractivity contribution in [3.63, 3.8) is 0 Å². The monoisotopic (exact) mass is 364 g/mol. The van der Waals surface area contributed by atoms with Gasteiger partial charge in [0.05, 0.1) is 19.8 Å². The first-order valence-corrected chi connectivity index (χ1v) is 10.7. The van der Waals surface area contributed by atoms with Crippen molar-refractivity contribution in [1.82, 2.24) is 0 Å². The topological polar surface area (TPSA) is 38.7 Å². The first kappa shape index (κ1) is 23.1. The van der Waals surface area contributed by atoms with E-state index in [0.717, 1.165) is 31.2 Å². The van der Waals surface area contributed by atoms with Crippen molar-refractivity contribution in [2.24, 2.45) is 5.92 Å². The molecule has 3 nitrogen and oxygen atoms in total. The molecule has 0 saturated carbocycles. The zero-order valence-electron chi connectivity index (χ0n) is 17.2. The number of aliphatic hydroxyl groups is 1. The Hall–Kier alpha value is -0.900. The van der Waals surface area contributed by atoms with E-state index in [1.54, 1.807) is 0 Å². The summed E-state index contributed by atoms with van der Waals surface area (Å²) in [5.74, 6) is -0.889. The van der Waals surface area contributed by atoms with Gasteiger partial charge in [-0.1, -0.05) is 89.6 Å².